The molecule has 0 aromatic heterocycles. The van der Waals surface area contributed by atoms with Gasteiger partial charge in [0, 0.05) is 0 Å². The summed E-state index contributed by atoms with van der Waals surface area (Å²) in [6, 6.07) is 0.980. The molecular weight excluding hydrogens is 168 g/mol. The Bertz CT molecular complexity index is 136. The van der Waals surface area contributed by atoms with Gasteiger partial charge in [0.05, 0.1) is 8.07 Å². The number of aliphatic hydroxyl groups excluding tert-OH is 1. The maximum absolute atomic E-state index is 8.76. The first-order valence-electron chi connectivity index (χ1n) is 4.53. The molecule has 0 atom stereocenters. The fourth-order valence-electron chi connectivity index (χ4n) is 0.865. The van der Waals surface area contributed by atoms with Crippen LogP contribution in [-0.2, 0) is 0 Å². The predicted molar refractivity (Wildman–Crippen MR) is 54.8 cm³/mol. The van der Waals surface area contributed by atoms with Crippen LogP contribution in [0.2, 0.25) is 24.2 Å². The molecule has 0 heterocycles. The van der Waals surface area contributed by atoms with E-state index < -0.39 is 14.4 Å². The normalized spacial score (nSPS) is 14.0. The van der Waals surface area contributed by atoms with Crippen molar-refractivity contribution in [3.63, 3.8) is 0 Å². The molecule has 0 aliphatic rings. The molecule has 0 aliphatic heterocycles. The minimum Gasteiger partial charge on any atom is -0.368 e. The van der Waals surface area contributed by atoms with Crippen LogP contribution in [0.5, 0.6) is 0 Å². The van der Waals surface area contributed by atoms with Gasteiger partial charge in [-0.05, 0) is 11.5 Å². The van der Waals surface area contributed by atoms with E-state index in [9.17, 15) is 0 Å². The summed E-state index contributed by atoms with van der Waals surface area (Å²) < 4.78 is 0. The van der Waals surface area contributed by atoms with E-state index >= 15 is 0 Å². The van der Waals surface area contributed by atoms with Crippen molar-refractivity contribution in [2.75, 3.05) is 0 Å². The van der Waals surface area contributed by atoms with Gasteiger partial charge in [0.2, 0.25) is 0 Å². The summed E-state index contributed by atoms with van der Waals surface area (Å²) in [6.07, 6.45) is -0.602. The van der Waals surface area contributed by atoms with Crippen molar-refractivity contribution >= 4 is 8.07 Å². The first kappa shape index (κ1) is 12.1. The van der Waals surface area contributed by atoms with E-state index in [1.807, 2.05) is 0 Å². The van der Waals surface area contributed by atoms with Crippen LogP contribution >= 0.6 is 0 Å². The summed E-state index contributed by atoms with van der Waals surface area (Å²) in [6.45, 7) is 11.3. The minimum atomic E-state index is -1.29. The maximum Gasteiger partial charge on any atom is 0.151 e. The fraction of sp³-hybridized carbons (Fsp3) is 1.00. The quantitative estimate of drug-likeness (QED) is 0.529. The SMILES string of the molecule is CC(C)(C)[Si](C)(C)CCC(O)O. The molecule has 12 heavy (non-hydrogen) atoms. The van der Waals surface area contributed by atoms with Crippen molar-refractivity contribution in [2.24, 2.45) is 0 Å². The Hall–Kier alpha value is 0.137. The molecule has 0 amide bonds. The standard InChI is InChI=1S/C9H22O2Si/c1-9(2,3)12(4,5)7-6-8(10)11/h8,10-11H,6-7H2,1-5H3. The van der Waals surface area contributed by atoms with Gasteiger partial charge in [-0.15, -0.1) is 0 Å². The monoisotopic (exact) mass is 190 g/mol. The maximum atomic E-state index is 8.76. The number of aliphatic hydroxyl groups is 2. The largest absolute Gasteiger partial charge is 0.368 e. The molecule has 0 radical (unpaired) electrons. The third-order valence-corrected chi connectivity index (χ3v) is 8.66. The lowest BCUT2D eigenvalue weighted by molar-refractivity contribution is -0.0416. The van der Waals surface area contributed by atoms with E-state index in [2.05, 4.69) is 33.9 Å². The molecule has 2 N–H and O–H groups in total. The van der Waals surface area contributed by atoms with Gasteiger partial charge in [0.25, 0.3) is 0 Å². The lowest BCUT2D eigenvalue weighted by Crippen LogP contribution is -2.37. The lowest BCUT2D eigenvalue weighted by Gasteiger charge is -2.37. The molecule has 0 unspecified atom stereocenters. The number of hydrogen-bond acceptors (Lipinski definition) is 2. The summed E-state index contributed by atoms with van der Waals surface area (Å²) in [5.74, 6) is 0. The van der Waals surface area contributed by atoms with Crippen molar-refractivity contribution < 1.29 is 10.2 Å². The summed E-state index contributed by atoms with van der Waals surface area (Å²) in [4.78, 5) is 0. The molecule has 0 saturated heterocycles. The van der Waals surface area contributed by atoms with Gasteiger partial charge in [0.1, 0.15) is 0 Å². The van der Waals surface area contributed by atoms with E-state index in [0.717, 1.165) is 6.04 Å². The molecule has 74 valence electrons. The van der Waals surface area contributed by atoms with Crippen LogP contribution in [0.15, 0.2) is 0 Å². The van der Waals surface area contributed by atoms with Crippen molar-refractivity contribution in [1.29, 1.82) is 0 Å². The summed E-state index contributed by atoms with van der Waals surface area (Å²) in [5.41, 5.74) is 0. The molecular formula is C9H22O2Si. The molecule has 0 spiro atoms. The third-order valence-electron chi connectivity index (χ3n) is 3.06. The van der Waals surface area contributed by atoms with E-state index in [0.29, 0.717) is 11.5 Å². The second-order valence-electron chi connectivity index (χ2n) is 5.15. The van der Waals surface area contributed by atoms with E-state index in [4.69, 9.17) is 10.2 Å². The van der Waals surface area contributed by atoms with Gasteiger partial charge in [-0.1, -0.05) is 39.9 Å². The molecule has 0 saturated carbocycles. The van der Waals surface area contributed by atoms with Gasteiger partial charge < -0.3 is 10.2 Å². The zero-order chi connectivity index (χ0) is 9.99. The Balaban J connectivity index is 4.05. The molecule has 0 fully saturated rings. The molecule has 0 aliphatic carbocycles. The molecule has 0 rings (SSSR count). The van der Waals surface area contributed by atoms with Crippen molar-refractivity contribution in [3.05, 3.63) is 0 Å². The Morgan fingerprint density at radius 3 is 1.83 bits per heavy atom. The van der Waals surface area contributed by atoms with Crippen LogP contribution in [0.4, 0.5) is 0 Å². The van der Waals surface area contributed by atoms with Crippen LogP contribution < -0.4 is 0 Å². The van der Waals surface area contributed by atoms with Gasteiger partial charge in [-0.2, -0.15) is 0 Å². The highest BCUT2D eigenvalue weighted by molar-refractivity contribution is 6.80. The van der Waals surface area contributed by atoms with Gasteiger partial charge >= 0.3 is 0 Å². The molecule has 3 heteroatoms. The topological polar surface area (TPSA) is 40.5 Å². The Kier molecular flexibility index (Phi) is 3.94. The van der Waals surface area contributed by atoms with Crippen LogP contribution in [0.25, 0.3) is 0 Å². The summed E-state index contributed by atoms with van der Waals surface area (Å²) in [7, 11) is -1.29. The zero-order valence-corrected chi connectivity index (χ0v) is 9.89. The fourth-order valence-corrected chi connectivity index (χ4v) is 2.59. The smallest absolute Gasteiger partial charge is 0.151 e. The van der Waals surface area contributed by atoms with Crippen LogP contribution in [0.3, 0.4) is 0 Å². The van der Waals surface area contributed by atoms with Gasteiger partial charge in [-0.3, -0.25) is 0 Å². The van der Waals surface area contributed by atoms with Crippen LogP contribution in [0.1, 0.15) is 27.2 Å². The minimum absolute atomic E-state index is 0.349. The molecule has 2 nitrogen and oxygen atoms in total. The average molecular weight is 190 g/mol. The highest BCUT2D eigenvalue weighted by Gasteiger charge is 2.34. The summed E-state index contributed by atoms with van der Waals surface area (Å²) >= 11 is 0. The van der Waals surface area contributed by atoms with Crippen LogP contribution in [-0.4, -0.2) is 24.6 Å². The third kappa shape index (κ3) is 3.69. The second kappa shape index (κ2) is 3.90. The van der Waals surface area contributed by atoms with E-state index in [1.54, 1.807) is 0 Å². The molecule has 0 bridgehead atoms. The van der Waals surface area contributed by atoms with Crippen molar-refractivity contribution in [1.82, 2.24) is 0 Å². The Morgan fingerprint density at radius 2 is 1.58 bits per heavy atom. The van der Waals surface area contributed by atoms with Gasteiger partial charge in [0.15, 0.2) is 6.29 Å². The predicted octanol–water partition coefficient (Wildman–Crippen LogP) is 2.20. The Labute approximate surface area is 76.6 Å². The first-order valence-corrected chi connectivity index (χ1v) is 7.74. The van der Waals surface area contributed by atoms with Crippen molar-refractivity contribution in [2.45, 2.75) is 57.7 Å². The highest BCUT2D eigenvalue weighted by atomic mass is 28.3. The van der Waals surface area contributed by atoms with E-state index in [-0.39, 0.29) is 0 Å². The highest BCUT2D eigenvalue weighted by Crippen LogP contribution is 2.39. The van der Waals surface area contributed by atoms with Crippen molar-refractivity contribution in [3.8, 4) is 0 Å². The van der Waals surface area contributed by atoms with Gasteiger partial charge in [-0.25, -0.2) is 0 Å². The first-order chi connectivity index (χ1) is 5.17. The zero-order valence-electron chi connectivity index (χ0n) is 8.89. The second-order valence-corrected chi connectivity index (χ2v) is 10.9. The molecule has 0 aromatic rings. The summed E-state index contributed by atoms with van der Waals surface area (Å²) in [5, 5.41) is 17.9. The van der Waals surface area contributed by atoms with Crippen LogP contribution in [0, 0.1) is 0 Å². The average Bonchev–Trinajstić information content (AvgIpc) is 1.81. The van der Waals surface area contributed by atoms with E-state index in [1.165, 1.54) is 0 Å². The Morgan fingerprint density at radius 1 is 1.17 bits per heavy atom. The number of hydrogen-bond donors (Lipinski definition) is 2. The number of rotatable bonds is 3. The lowest BCUT2D eigenvalue weighted by atomic mass is 10.2. The molecule has 0 aromatic carbocycles.